The largest absolute Gasteiger partial charge is 0.454 e. The van der Waals surface area contributed by atoms with E-state index in [0.29, 0.717) is 0 Å². The van der Waals surface area contributed by atoms with Gasteiger partial charge in [-0.15, -0.1) is 0 Å². The molecule has 1 rings (SSSR count). The van der Waals surface area contributed by atoms with Gasteiger partial charge in [-0.3, -0.25) is 0 Å². The third kappa shape index (κ3) is 4.70. The van der Waals surface area contributed by atoms with Crippen molar-refractivity contribution in [3.05, 3.63) is 21.7 Å². The fraction of sp³-hybridized carbons (Fsp3) is 0.600. The van der Waals surface area contributed by atoms with E-state index in [4.69, 9.17) is 4.42 Å². The van der Waals surface area contributed by atoms with Crippen LogP contribution >= 0.6 is 34.4 Å². The van der Waals surface area contributed by atoms with Crippen molar-refractivity contribution >= 4 is 34.4 Å². The van der Waals surface area contributed by atoms with Crippen LogP contribution in [0.2, 0.25) is 0 Å². The van der Waals surface area contributed by atoms with E-state index in [9.17, 15) is 0 Å². The molecule has 0 amide bonds. The van der Waals surface area contributed by atoms with Gasteiger partial charge in [0.2, 0.25) is 0 Å². The number of thioether (sulfide) groups is 1. The number of hydrogen-bond donors (Lipinski definition) is 1. The average Bonchev–Trinajstić information content (AvgIpc) is 2.58. The minimum Gasteiger partial charge on any atom is -0.454 e. The predicted molar refractivity (Wildman–Crippen MR) is 70.7 cm³/mol. The fourth-order valence-electron chi connectivity index (χ4n) is 1.08. The molecule has 1 aromatic rings. The van der Waals surface area contributed by atoms with E-state index in [1.807, 2.05) is 23.9 Å². The quantitative estimate of drug-likeness (QED) is 0.643. The number of rotatable bonds is 6. The van der Waals surface area contributed by atoms with Crippen LogP contribution in [0, 0.1) is 3.77 Å². The first kappa shape index (κ1) is 12.4. The topological polar surface area (TPSA) is 25.2 Å². The summed E-state index contributed by atoms with van der Waals surface area (Å²) < 4.78 is 6.39. The molecule has 14 heavy (non-hydrogen) atoms. The van der Waals surface area contributed by atoms with Gasteiger partial charge < -0.3 is 9.73 Å². The van der Waals surface area contributed by atoms with E-state index >= 15 is 0 Å². The summed E-state index contributed by atoms with van der Waals surface area (Å²) in [6.07, 6.45) is 3.36. The Kier molecular flexibility index (Phi) is 5.96. The van der Waals surface area contributed by atoms with E-state index < -0.39 is 0 Å². The maximum atomic E-state index is 5.44. The standard InChI is InChI=1S/C10H16INOS/c1-8(14-2)5-6-12-7-9-3-4-10(11)13-9/h3-4,8,12H,5-7H2,1-2H3. The SMILES string of the molecule is CSC(C)CCNCc1ccc(I)o1. The fourth-order valence-corrected chi connectivity index (χ4v) is 1.90. The van der Waals surface area contributed by atoms with E-state index in [0.717, 1.165) is 27.9 Å². The number of hydrogen-bond acceptors (Lipinski definition) is 3. The zero-order valence-electron chi connectivity index (χ0n) is 8.55. The van der Waals surface area contributed by atoms with Crippen molar-refractivity contribution in [3.63, 3.8) is 0 Å². The second kappa shape index (κ2) is 6.74. The van der Waals surface area contributed by atoms with Crippen molar-refractivity contribution in [2.75, 3.05) is 12.8 Å². The Bertz CT molecular complexity index is 264. The van der Waals surface area contributed by atoms with Gasteiger partial charge in [-0.2, -0.15) is 11.8 Å². The van der Waals surface area contributed by atoms with Crippen LogP contribution in [0.25, 0.3) is 0 Å². The van der Waals surface area contributed by atoms with Crippen molar-refractivity contribution in [2.45, 2.75) is 25.1 Å². The van der Waals surface area contributed by atoms with Crippen molar-refractivity contribution in [3.8, 4) is 0 Å². The first-order chi connectivity index (χ1) is 6.72. The number of halogens is 1. The van der Waals surface area contributed by atoms with Crippen LogP contribution in [0.3, 0.4) is 0 Å². The summed E-state index contributed by atoms with van der Waals surface area (Å²) in [4.78, 5) is 0. The predicted octanol–water partition coefficient (Wildman–Crippen LogP) is 3.12. The Morgan fingerprint density at radius 2 is 2.36 bits per heavy atom. The first-order valence-electron chi connectivity index (χ1n) is 4.70. The maximum Gasteiger partial charge on any atom is 0.164 e. The summed E-state index contributed by atoms with van der Waals surface area (Å²) >= 11 is 4.09. The smallest absolute Gasteiger partial charge is 0.164 e. The normalized spacial score (nSPS) is 13.1. The molecule has 4 heteroatoms. The van der Waals surface area contributed by atoms with Crippen molar-refractivity contribution < 1.29 is 4.42 Å². The Hall–Kier alpha value is 0.320. The summed E-state index contributed by atoms with van der Waals surface area (Å²) in [6.45, 7) is 4.14. The molecule has 0 spiro atoms. The van der Waals surface area contributed by atoms with Crippen molar-refractivity contribution in [1.29, 1.82) is 0 Å². The van der Waals surface area contributed by atoms with Gasteiger partial charge in [0.1, 0.15) is 5.76 Å². The summed E-state index contributed by atoms with van der Waals surface area (Å²) in [5, 5.41) is 4.11. The Labute approximate surface area is 103 Å². The second-order valence-corrected chi connectivity index (χ2v) is 5.56. The molecule has 80 valence electrons. The minimum atomic E-state index is 0.735. The van der Waals surface area contributed by atoms with Gasteiger partial charge in [0.05, 0.1) is 6.54 Å². The first-order valence-corrected chi connectivity index (χ1v) is 7.06. The van der Waals surface area contributed by atoms with Gasteiger partial charge >= 0.3 is 0 Å². The number of furan rings is 1. The van der Waals surface area contributed by atoms with Crippen LogP contribution in [-0.4, -0.2) is 18.1 Å². The Morgan fingerprint density at radius 1 is 1.57 bits per heavy atom. The van der Waals surface area contributed by atoms with E-state index in [1.165, 1.54) is 6.42 Å². The summed E-state index contributed by atoms with van der Waals surface area (Å²) in [5.41, 5.74) is 0. The van der Waals surface area contributed by atoms with Gasteiger partial charge in [-0.1, -0.05) is 6.92 Å². The summed E-state index contributed by atoms with van der Waals surface area (Å²) in [7, 11) is 0. The molecule has 1 heterocycles. The van der Waals surface area contributed by atoms with Crippen LogP contribution < -0.4 is 5.32 Å². The lowest BCUT2D eigenvalue weighted by molar-refractivity contribution is 0.462. The highest BCUT2D eigenvalue weighted by Gasteiger charge is 2.00. The van der Waals surface area contributed by atoms with Crippen molar-refractivity contribution in [1.82, 2.24) is 5.32 Å². The second-order valence-electron chi connectivity index (χ2n) is 3.22. The molecule has 0 aromatic carbocycles. The van der Waals surface area contributed by atoms with Gasteiger partial charge in [0.15, 0.2) is 3.77 Å². The molecule has 2 nitrogen and oxygen atoms in total. The molecule has 0 bridgehead atoms. The zero-order valence-corrected chi connectivity index (χ0v) is 11.5. The average molecular weight is 325 g/mol. The molecular weight excluding hydrogens is 309 g/mol. The van der Waals surface area contributed by atoms with Gasteiger partial charge in [-0.25, -0.2) is 0 Å². The molecular formula is C10H16INOS. The van der Waals surface area contributed by atoms with Crippen LogP contribution in [0.1, 0.15) is 19.1 Å². The molecule has 0 fully saturated rings. The van der Waals surface area contributed by atoms with Crippen molar-refractivity contribution in [2.24, 2.45) is 0 Å². The lowest BCUT2D eigenvalue weighted by Gasteiger charge is -2.07. The molecule has 0 aliphatic carbocycles. The van der Waals surface area contributed by atoms with Crippen LogP contribution in [-0.2, 0) is 6.54 Å². The lowest BCUT2D eigenvalue weighted by atomic mass is 10.3. The van der Waals surface area contributed by atoms with E-state index in [1.54, 1.807) is 0 Å². The molecule has 1 unspecified atom stereocenters. The highest BCUT2D eigenvalue weighted by molar-refractivity contribution is 14.1. The van der Waals surface area contributed by atoms with Crippen LogP contribution in [0.4, 0.5) is 0 Å². The molecule has 0 aliphatic rings. The highest BCUT2D eigenvalue weighted by atomic mass is 127. The third-order valence-corrected chi connectivity index (χ3v) is 3.68. The summed E-state index contributed by atoms with van der Waals surface area (Å²) in [5.74, 6) is 1.02. The minimum absolute atomic E-state index is 0.735. The molecule has 1 atom stereocenters. The van der Waals surface area contributed by atoms with Crippen LogP contribution in [0.15, 0.2) is 16.5 Å². The molecule has 1 aromatic heterocycles. The maximum absolute atomic E-state index is 5.44. The molecule has 1 N–H and O–H groups in total. The zero-order chi connectivity index (χ0) is 10.4. The molecule has 0 saturated carbocycles. The Balaban J connectivity index is 2.10. The van der Waals surface area contributed by atoms with Gasteiger partial charge in [-0.05, 0) is 53.9 Å². The van der Waals surface area contributed by atoms with Gasteiger partial charge in [0.25, 0.3) is 0 Å². The van der Waals surface area contributed by atoms with Crippen LogP contribution in [0.5, 0.6) is 0 Å². The molecule has 0 saturated heterocycles. The molecule has 0 aliphatic heterocycles. The van der Waals surface area contributed by atoms with Gasteiger partial charge in [0, 0.05) is 5.25 Å². The summed E-state index contributed by atoms with van der Waals surface area (Å²) in [6, 6.07) is 4.01. The van der Waals surface area contributed by atoms with E-state index in [-0.39, 0.29) is 0 Å². The monoisotopic (exact) mass is 325 g/mol. The Morgan fingerprint density at radius 3 is 2.93 bits per heavy atom. The number of nitrogens with one attached hydrogen (secondary N) is 1. The third-order valence-electron chi connectivity index (χ3n) is 2.06. The lowest BCUT2D eigenvalue weighted by Crippen LogP contribution is -2.17. The molecule has 0 radical (unpaired) electrons. The highest BCUT2D eigenvalue weighted by Crippen LogP contribution is 2.10. The van der Waals surface area contributed by atoms with E-state index in [2.05, 4.69) is 41.1 Å².